The average molecular weight is 404 g/mol. The number of benzene rings is 1. The molecule has 1 fully saturated rings. The number of piperidine rings is 1. The number of aromatic amines is 2. The number of methoxy groups -OCH3 is 2. The van der Waals surface area contributed by atoms with Crippen LogP contribution in [-0.4, -0.2) is 53.1 Å². The number of amides is 1. The molecule has 1 aliphatic rings. The monoisotopic (exact) mass is 404 g/mol. The van der Waals surface area contributed by atoms with Gasteiger partial charge in [-0.1, -0.05) is 0 Å². The first kappa shape index (κ1) is 18.5. The van der Waals surface area contributed by atoms with Gasteiger partial charge in [-0.05, 0) is 49.2 Å². The van der Waals surface area contributed by atoms with Crippen molar-refractivity contribution in [2.45, 2.75) is 18.8 Å². The van der Waals surface area contributed by atoms with Crippen LogP contribution in [0, 0.1) is 0 Å². The number of hydrogen-bond donors (Lipinski definition) is 2. The number of hydrogen-bond acceptors (Lipinski definition) is 4. The zero-order chi connectivity index (χ0) is 20.7. The summed E-state index contributed by atoms with van der Waals surface area (Å²) >= 11 is 0. The number of nitrogens with zero attached hydrogens (tertiary/aromatic N) is 2. The van der Waals surface area contributed by atoms with Gasteiger partial charge in [-0.15, -0.1) is 0 Å². The van der Waals surface area contributed by atoms with E-state index in [4.69, 9.17) is 9.47 Å². The van der Waals surface area contributed by atoms with Crippen LogP contribution in [0.15, 0.2) is 42.6 Å². The Kier molecular flexibility index (Phi) is 4.58. The van der Waals surface area contributed by atoms with Gasteiger partial charge in [-0.2, -0.15) is 0 Å². The van der Waals surface area contributed by atoms with Crippen LogP contribution in [-0.2, 0) is 0 Å². The molecular formula is C23H24N4O3. The second-order valence-electron chi connectivity index (χ2n) is 7.69. The van der Waals surface area contributed by atoms with Gasteiger partial charge in [0.15, 0.2) is 0 Å². The van der Waals surface area contributed by atoms with Gasteiger partial charge in [0.2, 0.25) is 0 Å². The van der Waals surface area contributed by atoms with Crippen molar-refractivity contribution in [3.05, 3.63) is 54.0 Å². The molecule has 30 heavy (non-hydrogen) atoms. The number of ether oxygens (including phenoxy) is 2. The molecule has 1 amide bonds. The quantitative estimate of drug-likeness (QED) is 0.537. The van der Waals surface area contributed by atoms with Crippen molar-refractivity contribution in [2.24, 2.45) is 0 Å². The second-order valence-corrected chi connectivity index (χ2v) is 7.69. The zero-order valence-corrected chi connectivity index (χ0v) is 17.1. The summed E-state index contributed by atoms with van der Waals surface area (Å²) in [6, 6.07) is 11.6. The molecule has 7 heteroatoms. The van der Waals surface area contributed by atoms with Crippen LogP contribution in [0.1, 0.15) is 34.9 Å². The third kappa shape index (κ3) is 3.07. The van der Waals surface area contributed by atoms with Crippen molar-refractivity contribution in [3.8, 4) is 11.5 Å². The number of carbonyl (C=O) groups is 1. The van der Waals surface area contributed by atoms with Crippen molar-refractivity contribution in [1.29, 1.82) is 0 Å². The highest BCUT2D eigenvalue weighted by molar-refractivity contribution is 6.01. The van der Waals surface area contributed by atoms with Crippen LogP contribution in [0.2, 0.25) is 0 Å². The number of pyridine rings is 1. The van der Waals surface area contributed by atoms with E-state index < -0.39 is 0 Å². The van der Waals surface area contributed by atoms with Gasteiger partial charge in [0, 0.05) is 36.3 Å². The summed E-state index contributed by atoms with van der Waals surface area (Å²) in [5.74, 6) is 1.66. The Balaban J connectivity index is 1.43. The van der Waals surface area contributed by atoms with E-state index in [1.54, 1.807) is 20.4 Å². The molecule has 0 bridgehead atoms. The molecule has 1 aromatic carbocycles. The first-order chi connectivity index (χ1) is 14.7. The summed E-state index contributed by atoms with van der Waals surface area (Å²) in [4.78, 5) is 26.4. The van der Waals surface area contributed by atoms with Crippen LogP contribution < -0.4 is 9.47 Å². The number of H-pyrrole nitrogens is 2. The maximum absolute atomic E-state index is 13.3. The fraction of sp³-hybridized carbons (Fsp3) is 0.304. The molecule has 0 saturated carbocycles. The number of aromatic nitrogens is 3. The fourth-order valence-corrected chi connectivity index (χ4v) is 4.41. The lowest BCUT2D eigenvalue weighted by Crippen LogP contribution is -2.39. The maximum atomic E-state index is 13.3. The lowest BCUT2D eigenvalue weighted by molar-refractivity contribution is 0.0701. The van der Waals surface area contributed by atoms with E-state index in [1.807, 2.05) is 35.2 Å². The average Bonchev–Trinajstić information content (AvgIpc) is 3.43. The summed E-state index contributed by atoms with van der Waals surface area (Å²) in [5, 5.41) is 0.843. The number of likely N-dealkylation sites (tertiary alicyclic amines) is 1. The molecule has 0 aliphatic carbocycles. The van der Waals surface area contributed by atoms with Gasteiger partial charge in [0.05, 0.1) is 30.8 Å². The third-order valence-corrected chi connectivity index (χ3v) is 5.94. The van der Waals surface area contributed by atoms with E-state index in [0.717, 1.165) is 47.0 Å². The molecule has 3 aromatic heterocycles. The van der Waals surface area contributed by atoms with E-state index in [1.165, 1.54) is 0 Å². The first-order valence-electron chi connectivity index (χ1n) is 10.1. The number of carbonyl (C=O) groups excluding carboxylic acids is 1. The topological polar surface area (TPSA) is 83.2 Å². The van der Waals surface area contributed by atoms with Gasteiger partial charge in [0.1, 0.15) is 17.2 Å². The predicted octanol–water partition coefficient (Wildman–Crippen LogP) is 4.08. The number of rotatable bonds is 4. The number of nitrogens with one attached hydrogen (secondary N) is 2. The Labute approximate surface area is 174 Å². The summed E-state index contributed by atoms with van der Waals surface area (Å²) in [5.41, 5.74) is 4.46. The van der Waals surface area contributed by atoms with Crippen molar-refractivity contribution in [2.75, 3.05) is 27.3 Å². The van der Waals surface area contributed by atoms with E-state index in [9.17, 15) is 4.79 Å². The second kappa shape index (κ2) is 7.40. The van der Waals surface area contributed by atoms with Gasteiger partial charge < -0.3 is 24.3 Å². The molecule has 1 saturated heterocycles. The maximum Gasteiger partial charge on any atom is 0.270 e. The zero-order valence-electron chi connectivity index (χ0n) is 17.1. The lowest BCUT2D eigenvalue weighted by Gasteiger charge is -2.32. The molecule has 154 valence electrons. The van der Waals surface area contributed by atoms with Crippen molar-refractivity contribution in [1.82, 2.24) is 19.9 Å². The van der Waals surface area contributed by atoms with Crippen LogP contribution >= 0.6 is 0 Å². The molecule has 0 unspecified atom stereocenters. The molecule has 1 aliphatic heterocycles. The smallest absolute Gasteiger partial charge is 0.270 e. The lowest BCUT2D eigenvalue weighted by atomic mass is 9.94. The minimum atomic E-state index is -0.00533. The van der Waals surface area contributed by atoms with E-state index in [2.05, 4.69) is 21.0 Å². The minimum Gasteiger partial charge on any atom is -0.496 e. The van der Waals surface area contributed by atoms with Gasteiger partial charge in [-0.25, -0.2) is 0 Å². The van der Waals surface area contributed by atoms with Crippen LogP contribution in [0.25, 0.3) is 21.9 Å². The fourth-order valence-electron chi connectivity index (χ4n) is 4.41. The highest BCUT2D eigenvalue weighted by atomic mass is 16.5. The highest BCUT2D eigenvalue weighted by Crippen LogP contribution is 2.34. The Morgan fingerprint density at radius 2 is 1.97 bits per heavy atom. The van der Waals surface area contributed by atoms with Gasteiger partial charge in [-0.3, -0.25) is 9.78 Å². The Bertz CT molecular complexity index is 1150. The van der Waals surface area contributed by atoms with E-state index >= 15 is 0 Å². The summed E-state index contributed by atoms with van der Waals surface area (Å²) in [7, 11) is 3.24. The van der Waals surface area contributed by atoms with Crippen LogP contribution in [0.5, 0.6) is 11.5 Å². The molecule has 5 rings (SSSR count). The largest absolute Gasteiger partial charge is 0.496 e. The summed E-state index contributed by atoms with van der Waals surface area (Å²) in [6.45, 7) is 1.42. The van der Waals surface area contributed by atoms with Gasteiger partial charge in [0.25, 0.3) is 5.91 Å². The van der Waals surface area contributed by atoms with Crippen LogP contribution in [0.4, 0.5) is 0 Å². The molecule has 0 spiro atoms. The molecule has 1 atom stereocenters. The molecule has 2 N–H and O–H groups in total. The highest BCUT2D eigenvalue weighted by Gasteiger charge is 2.28. The van der Waals surface area contributed by atoms with E-state index in [-0.39, 0.29) is 11.8 Å². The van der Waals surface area contributed by atoms with E-state index in [0.29, 0.717) is 23.7 Å². The molecule has 0 radical (unpaired) electrons. The molecule has 7 nitrogen and oxygen atoms in total. The first-order valence-corrected chi connectivity index (χ1v) is 10.1. The van der Waals surface area contributed by atoms with Crippen molar-refractivity contribution >= 4 is 27.8 Å². The van der Waals surface area contributed by atoms with Gasteiger partial charge >= 0.3 is 0 Å². The summed E-state index contributed by atoms with van der Waals surface area (Å²) in [6.07, 6.45) is 3.81. The van der Waals surface area contributed by atoms with Crippen molar-refractivity contribution < 1.29 is 14.3 Å². The predicted molar refractivity (Wildman–Crippen MR) is 115 cm³/mol. The number of fused-ring (bicyclic) bond motifs is 2. The molecular weight excluding hydrogens is 380 g/mol. The minimum absolute atomic E-state index is 0.00533. The third-order valence-electron chi connectivity index (χ3n) is 5.94. The molecule has 4 heterocycles. The summed E-state index contributed by atoms with van der Waals surface area (Å²) < 4.78 is 10.9. The standard InChI is InChI=1S/C23H24N4O3/c1-29-20-7-8-21(30-2)22-15(20)11-19(26-22)23(28)27-10-4-5-14(13-27)17-12-18-16(25-17)6-3-9-24-18/h3,6-9,11-12,14,25-26H,4-5,10,13H2,1-2H3/t14-/m0/s1. The SMILES string of the molecule is COc1ccc(OC)c2[nH]c(C(=O)N3CCC[C@H](c4cc5ncccc5[nH]4)C3)cc12. The normalized spacial score (nSPS) is 16.9. The molecule has 4 aromatic rings. The Hall–Kier alpha value is -3.48. The Morgan fingerprint density at radius 3 is 2.77 bits per heavy atom. The Morgan fingerprint density at radius 1 is 1.13 bits per heavy atom. The van der Waals surface area contributed by atoms with Crippen molar-refractivity contribution in [3.63, 3.8) is 0 Å². The van der Waals surface area contributed by atoms with Crippen LogP contribution in [0.3, 0.4) is 0 Å².